The van der Waals surface area contributed by atoms with Crippen LogP contribution in [0.4, 0.5) is 5.69 Å². The molecule has 2 aromatic rings. The number of rotatable bonds is 4. The number of aromatic nitrogens is 1. The van der Waals surface area contributed by atoms with Crippen molar-refractivity contribution in [2.75, 3.05) is 12.0 Å². The predicted molar refractivity (Wildman–Crippen MR) is 68.7 cm³/mol. The van der Waals surface area contributed by atoms with Crippen molar-refractivity contribution in [1.82, 2.24) is 4.98 Å². The Bertz CT molecular complexity index is 500. The number of pyridine rings is 1. The van der Waals surface area contributed by atoms with E-state index in [0.717, 1.165) is 22.7 Å². The summed E-state index contributed by atoms with van der Waals surface area (Å²) in [6.45, 7) is 2.62. The number of nitrogen functional groups attached to an aromatic ring is 1. The average Bonchev–Trinajstić information content (AvgIpc) is 2.40. The van der Waals surface area contributed by atoms with Crippen LogP contribution in [0.15, 0.2) is 42.6 Å². The van der Waals surface area contributed by atoms with E-state index in [9.17, 15) is 0 Å². The Labute approximate surface area is 100 Å². The highest BCUT2D eigenvalue weighted by Gasteiger charge is 2.02. The smallest absolute Gasteiger partial charge is 0.119 e. The summed E-state index contributed by atoms with van der Waals surface area (Å²) in [6.07, 6.45) is 1.72. The van der Waals surface area contributed by atoms with Gasteiger partial charge in [0.2, 0.25) is 0 Å². The molecule has 4 nitrogen and oxygen atoms in total. The largest absolute Gasteiger partial charge is 0.494 e. The summed E-state index contributed by atoms with van der Waals surface area (Å²) in [7, 11) is 0. The highest BCUT2D eigenvalue weighted by Crippen LogP contribution is 2.23. The molecule has 0 aliphatic carbocycles. The lowest BCUT2D eigenvalue weighted by Gasteiger charge is -2.07. The molecule has 0 fully saturated rings. The number of benzene rings is 1. The van der Waals surface area contributed by atoms with Crippen molar-refractivity contribution >= 4 is 5.69 Å². The number of hydrogen-bond acceptors (Lipinski definition) is 4. The molecule has 2 rings (SSSR count). The SMILES string of the molecule is CCOc1cccc(-c2cc(NN)ccn2)c1. The summed E-state index contributed by atoms with van der Waals surface area (Å²) in [6, 6.07) is 11.5. The fourth-order valence-electron chi connectivity index (χ4n) is 1.59. The molecule has 0 aliphatic rings. The first-order valence-electron chi connectivity index (χ1n) is 5.49. The monoisotopic (exact) mass is 229 g/mol. The van der Waals surface area contributed by atoms with Gasteiger partial charge in [-0.3, -0.25) is 10.8 Å². The van der Waals surface area contributed by atoms with Crippen molar-refractivity contribution in [3.05, 3.63) is 42.6 Å². The molecule has 1 heterocycles. The normalized spacial score (nSPS) is 10.0. The van der Waals surface area contributed by atoms with E-state index < -0.39 is 0 Å². The first-order valence-corrected chi connectivity index (χ1v) is 5.49. The van der Waals surface area contributed by atoms with Gasteiger partial charge in [-0.05, 0) is 31.2 Å². The highest BCUT2D eigenvalue weighted by molar-refractivity contribution is 5.65. The van der Waals surface area contributed by atoms with Crippen LogP contribution in [0.2, 0.25) is 0 Å². The van der Waals surface area contributed by atoms with Crippen LogP contribution in [0.3, 0.4) is 0 Å². The minimum absolute atomic E-state index is 0.654. The fourth-order valence-corrected chi connectivity index (χ4v) is 1.59. The van der Waals surface area contributed by atoms with Gasteiger partial charge >= 0.3 is 0 Å². The van der Waals surface area contributed by atoms with E-state index in [0.29, 0.717) is 6.61 Å². The minimum atomic E-state index is 0.654. The zero-order valence-electron chi connectivity index (χ0n) is 9.68. The van der Waals surface area contributed by atoms with E-state index in [4.69, 9.17) is 10.6 Å². The van der Waals surface area contributed by atoms with Crippen LogP contribution in [-0.4, -0.2) is 11.6 Å². The van der Waals surface area contributed by atoms with Crippen LogP contribution in [0, 0.1) is 0 Å². The summed E-state index contributed by atoms with van der Waals surface area (Å²) in [5.74, 6) is 6.22. The van der Waals surface area contributed by atoms with Crippen molar-refractivity contribution in [3.63, 3.8) is 0 Å². The Morgan fingerprint density at radius 1 is 1.29 bits per heavy atom. The van der Waals surface area contributed by atoms with Gasteiger partial charge in [0.05, 0.1) is 18.0 Å². The number of nitrogens with two attached hydrogens (primary N) is 1. The van der Waals surface area contributed by atoms with E-state index >= 15 is 0 Å². The number of nitrogens with zero attached hydrogens (tertiary/aromatic N) is 1. The Balaban J connectivity index is 2.34. The lowest BCUT2D eigenvalue weighted by molar-refractivity contribution is 0.340. The van der Waals surface area contributed by atoms with E-state index in [-0.39, 0.29) is 0 Å². The Hall–Kier alpha value is -2.07. The maximum Gasteiger partial charge on any atom is 0.119 e. The van der Waals surface area contributed by atoms with Crippen LogP contribution < -0.4 is 16.0 Å². The third-order valence-corrected chi connectivity index (χ3v) is 2.37. The van der Waals surface area contributed by atoms with E-state index in [2.05, 4.69) is 10.4 Å². The molecule has 0 bridgehead atoms. The van der Waals surface area contributed by atoms with E-state index in [1.54, 1.807) is 6.20 Å². The lowest BCUT2D eigenvalue weighted by atomic mass is 10.1. The van der Waals surface area contributed by atoms with Crippen molar-refractivity contribution in [2.24, 2.45) is 5.84 Å². The second kappa shape index (κ2) is 5.32. The van der Waals surface area contributed by atoms with Gasteiger partial charge in [0, 0.05) is 11.8 Å². The second-order valence-corrected chi connectivity index (χ2v) is 3.53. The lowest BCUT2D eigenvalue weighted by Crippen LogP contribution is -2.06. The summed E-state index contributed by atoms with van der Waals surface area (Å²) >= 11 is 0. The predicted octanol–water partition coefficient (Wildman–Crippen LogP) is 2.43. The van der Waals surface area contributed by atoms with Gasteiger partial charge in [-0.2, -0.15) is 0 Å². The molecule has 4 heteroatoms. The van der Waals surface area contributed by atoms with Crippen LogP contribution in [0.5, 0.6) is 5.75 Å². The molecule has 0 unspecified atom stereocenters. The number of anilines is 1. The second-order valence-electron chi connectivity index (χ2n) is 3.53. The molecule has 0 saturated heterocycles. The van der Waals surface area contributed by atoms with Crippen molar-refractivity contribution in [2.45, 2.75) is 6.92 Å². The molecule has 88 valence electrons. The van der Waals surface area contributed by atoms with Crippen molar-refractivity contribution in [3.8, 4) is 17.0 Å². The van der Waals surface area contributed by atoms with Crippen molar-refractivity contribution in [1.29, 1.82) is 0 Å². The first kappa shape index (κ1) is 11.4. The molecule has 0 saturated carbocycles. The van der Waals surface area contributed by atoms with Crippen molar-refractivity contribution < 1.29 is 4.74 Å². The molecular weight excluding hydrogens is 214 g/mol. The maximum atomic E-state index is 5.46. The number of nitrogens with one attached hydrogen (secondary N) is 1. The molecule has 0 aliphatic heterocycles. The minimum Gasteiger partial charge on any atom is -0.494 e. The molecular formula is C13H15N3O. The molecule has 0 atom stereocenters. The fraction of sp³-hybridized carbons (Fsp3) is 0.154. The summed E-state index contributed by atoms with van der Waals surface area (Å²) in [4.78, 5) is 4.31. The molecule has 0 spiro atoms. The molecule has 0 amide bonds. The standard InChI is InChI=1S/C13H15N3O/c1-2-17-12-5-3-4-10(8-12)13-9-11(16-14)6-7-15-13/h3-9H,2,14H2,1H3,(H,15,16). The van der Waals surface area contributed by atoms with Gasteiger partial charge in [-0.15, -0.1) is 0 Å². The van der Waals surface area contributed by atoms with Crippen LogP contribution in [0.1, 0.15) is 6.92 Å². The third kappa shape index (κ3) is 2.73. The highest BCUT2D eigenvalue weighted by atomic mass is 16.5. The maximum absolute atomic E-state index is 5.46. The van der Waals surface area contributed by atoms with Gasteiger partial charge in [0.1, 0.15) is 5.75 Å². The molecule has 1 aromatic carbocycles. The molecule has 1 aromatic heterocycles. The van der Waals surface area contributed by atoms with Crippen LogP contribution >= 0.6 is 0 Å². The van der Waals surface area contributed by atoms with Gasteiger partial charge in [-0.1, -0.05) is 12.1 Å². The Kier molecular flexibility index (Phi) is 3.57. The van der Waals surface area contributed by atoms with Gasteiger partial charge in [0.25, 0.3) is 0 Å². The van der Waals surface area contributed by atoms with Gasteiger partial charge < -0.3 is 10.2 Å². The average molecular weight is 229 g/mol. The Morgan fingerprint density at radius 2 is 2.18 bits per heavy atom. The number of ether oxygens (including phenoxy) is 1. The summed E-state index contributed by atoms with van der Waals surface area (Å²) < 4.78 is 5.46. The summed E-state index contributed by atoms with van der Waals surface area (Å²) in [5, 5.41) is 0. The molecule has 3 N–H and O–H groups in total. The zero-order chi connectivity index (χ0) is 12.1. The molecule has 0 radical (unpaired) electrons. The number of hydrogen-bond donors (Lipinski definition) is 2. The van der Waals surface area contributed by atoms with Crippen LogP contribution in [-0.2, 0) is 0 Å². The van der Waals surface area contributed by atoms with E-state index in [1.807, 2.05) is 43.3 Å². The van der Waals surface area contributed by atoms with Gasteiger partial charge in [0.15, 0.2) is 0 Å². The topological polar surface area (TPSA) is 60.2 Å². The quantitative estimate of drug-likeness (QED) is 0.624. The van der Waals surface area contributed by atoms with E-state index in [1.165, 1.54) is 0 Å². The molecule has 17 heavy (non-hydrogen) atoms. The summed E-state index contributed by atoms with van der Waals surface area (Å²) in [5.41, 5.74) is 5.31. The third-order valence-electron chi connectivity index (χ3n) is 2.37. The Morgan fingerprint density at radius 3 is 2.94 bits per heavy atom. The first-order chi connectivity index (χ1) is 8.33. The van der Waals surface area contributed by atoms with Gasteiger partial charge in [-0.25, -0.2) is 0 Å². The van der Waals surface area contributed by atoms with Crippen LogP contribution in [0.25, 0.3) is 11.3 Å². The zero-order valence-corrected chi connectivity index (χ0v) is 9.68. The number of hydrazine groups is 1.